The maximum absolute atomic E-state index is 12.8. The summed E-state index contributed by atoms with van der Waals surface area (Å²) in [4.78, 5) is 41.3. The molecule has 3 aromatic carbocycles. The third-order valence-corrected chi connectivity index (χ3v) is 6.83. The second kappa shape index (κ2) is 9.64. The van der Waals surface area contributed by atoms with E-state index in [9.17, 15) is 14.4 Å². The number of halogens is 1. The van der Waals surface area contributed by atoms with Crippen LogP contribution >= 0.6 is 12.4 Å². The van der Waals surface area contributed by atoms with Crippen molar-refractivity contribution in [3.8, 4) is 23.1 Å². The van der Waals surface area contributed by atoms with Crippen LogP contribution in [-0.4, -0.2) is 41.8 Å². The molecule has 2 amide bonds. The van der Waals surface area contributed by atoms with Gasteiger partial charge in [-0.3, -0.25) is 14.5 Å². The van der Waals surface area contributed by atoms with Crippen LogP contribution in [0.2, 0.25) is 0 Å². The molecule has 0 radical (unpaired) electrons. The Bertz CT molecular complexity index is 1510. The molecule has 0 spiro atoms. The van der Waals surface area contributed by atoms with E-state index in [-0.39, 0.29) is 49.4 Å². The van der Waals surface area contributed by atoms with Crippen molar-refractivity contribution in [3.05, 3.63) is 82.9 Å². The van der Waals surface area contributed by atoms with E-state index in [1.54, 1.807) is 21.9 Å². The number of aryl methyl sites for hydroxylation is 1. The lowest BCUT2D eigenvalue weighted by Crippen LogP contribution is -2.47. The van der Waals surface area contributed by atoms with E-state index in [0.29, 0.717) is 29.8 Å². The minimum absolute atomic E-state index is 0. The molecule has 7 nitrogen and oxygen atoms in total. The number of hydrogen-bond donors (Lipinski definition) is 1. The number of para-hydroxylation sites is 1. The summed E-state index contributed by atoms with van der Waals surface area (Å²) in [5.74, 6) is 2.95. The fourth-order valence-corrected chi connectivity index (χ4v) is 5.13. The lowest BCUT2D eigenvalue weighted by molar-refractivity contribution is -0.116. The van der Waals surface area contributed by atoms with Crippen LogP contribution < -0.4 is 10.2 Å². The van der Waals surface area contributed by atoms with Crippen LogP contribution in [0.5, 0.6) is 0 Å². The summed E-state index contributed by atoms with van der Waals surface area (Å²) in [7, 11) is 0. The minimum Gasteiger partial charge on any atom is -0.444 e. The van der Waals surface area contributed by atoms with Gasteiger partial charge in [0.15, 0.2) is 5.78 Å². The number of fused-ring (bicyclic) bond motifs is 4. The lowest BCUT2D eigenvalue weighted by Gasteiger charge is -2.36. The number of cyclic esters (lactones) is 1. The number of carbonyl (C=O) groups excluding carboxylic acids is 3. The van der Waals surface area contributed by atoms with Gasteiger partial charge in [0.25, 0.3) is 0 Å². The van der Waals surface area contributed by atoms with Crippen molar-refractivity contribution < 1.29 is 19.1 Å². The molecule has 3 aliphatic rings. The number of hydrogen-bond acceptors (Lipinski definition) is 5. The minimum atomic E-state index is -0.390. The van der Waals surface area contributed by atoms with Gasteiger partial charge in [-0.05, 0) is 48.2 Å². The maximum atomic E-state index is 12.8. The van der Waals surface area contributed by atoms with Crippen molar-refractivity contribution in [1.29, 1.82) is 0 Å². The first-order chi connectivity index (χ1) is 17.5. The number of ketones is 1. The first-order valence-corrected chi connectivity index (χ1v) is 11.9. The van der Waals surface area contributed by atoms with Gasteiger partial charge in [-0.1, -0.05) is 48.4 Å². The van der Waals surface area contributed by atoms with Gasteiger partial charge in [0.2, 0.25) is 5.91 Å². The van der Waals surface area contributed by atoms with Crippen molar-refractivity contribution in [3.63, 3.8) is 0 Å². The van der Waals surface area contributed by atoms with E-state index in [0.717, 1.165) is 27.9 Å². The molecule has 0 fully saturated rings. The van der Waals surface area contributed by atoms with E-state index in [1.165, 1.54) is 0 Å². The van der Waals surface area contributed by atoms with Gasteiger partial charge >= 0.3 is 6.09 Å². The van der Waals surface area contributed by atoms with E-state index in [1.807, 2.05) is 55.5 Å². The lowest BCUT2D eigenvalue weighted by atomic mass is 10.0. The number of nitrogens with zero attached hydrogens (tertiary/aromatic N) is 2. The van der Waals surface area contributed by atoms with Gasteiger partial charge < -0.3 is 15.0 Å². The Labute approximate surface area is 220 Å². The summed E-state index contributed by atoms with van der Waals surface area (Å²) in [6, 6.07) is 21.5. The molecule has 8 heteroatoms. The monoisotopic (exact) mass is 513 g/mol. The molecule has 3 aromatic rings. The Balaban J connectivity index is 0.00000280. The first-order valence-electron chi connectivity index (χ1n) is 11.9. The number of ether oxygens (including phenoxy) is 1. The Kier molecular flexibility index (Phi) is 6.36. The quantitative estimate of drug-likeness (QED) is 0.398. The summed E-state index contributed by atoms with van der Waals surface area (Å²) in [5.41, 5.74) is 6.53. The van der Waals surface area contributed by atoms with Gasteiger partial charge in [-0.15, -0.1) is 12.4 Å². The van der Waals surface area contributed by atoms with Crippen LogP contribution in [0.1, 0.15) is 33.5 Å². The normalized spacial score (nSPS) is 16.9. The topological polar surface area (TPSA) is 79.0 Å². The van der Waals surface area contributed by atoms with Crippen molar-refractivity contribution >= 4 is 41.6 Å². The van der Waals surface area contributed by atoms with Gasteiger partial charge in [0.1, 0.15) is 19.2 Å². The summed E-state index contributed by atoms with van der Waals surface area (Å²) >= 11 is 0. The molecule has 1 atom stereocenters. The molecule has 1 aliphatic carbocycles. The molecule has 0 bridgehead atoms. The SMILES string of the molecule is Cc1cccc2c1N(C1C#CN(CC(=O)Nc3ccc4c(c3)-c3ccccc3C4=O)CC1)C(=O)OC2.Cl. The second-order valence-electron chi connectivity index (χ2n) is 9.17. The predicted octanol–water partition coefficient (Wildman–Crippen LogP) is 4.76. The molecule has 186 valence electrons. The highest BCUT2D eigenvalue weighted by atomic mass is 35.5. The summed E-state index contributed by atoms with van der Waals surface area (Å²) in [6.07, 6.45) is 0.208. The zero-order valence-electron chi connectivity index (χ0n) is 20.1. The molecule has 0 saturated carbocycles. The number of nitrogens with one attached hydrogen (secondary N) is 1. The van der Waals surface area contributed by atoms with Crippen LogP contribution in [0.25, 0.3) is 11.1 Å². The van der Waals surface area contributed by atoms with Crippen molar-refractivity contribution in [1.82, 2.24) is 4.90 Å². The molecular weight excluding hydrogens is 490 g/mol. The highest BCUT2D eigenvalue weighted by Gasteiger charge is 2.34. The first kappa shape index (κ1) is 24.4. The summed E-state index contributed by atoms with van der Waals surface area (Å²) < 4.78 is 5.36. The number of rotatable bonds is 4. The molecule has 2 aliphatic heterocycles. The Morgan fingerprint density at radius 1 is 1.03 bits per heavy atom. The number of carbonyl (C=O) groups is 3. The van der Waals surface area contributed by atoms with Crippen LogP contribution in [0.4, 0.5) is 16.2 Å². The Morgan fingerprint density at radius 3 is 2.59 bits per heavy atom. The third-order valence-electron chi connectivity index (χ3n) is 6.83. The zero-order valence-corrected chi connectivity index (χ0v) is 20.9. The van der Waals surface area contributed by atoms with Crippen molar-refractivity contribution in [2.75, 3.05) is 23.3 Å². The average molecular weight is 514 g/mol. The summed E-state index contributed by atoms with van der Waals surface area (Å²) in [5, 5.41) is 2.92. The van der Waals surface area contributed by atoms with E-state index in [4.69, 9.17) is 4.74 Å². The smallest absolute Gasteiger partial charge is 0.415 e. The molecule has 0 saturated heterocycles. The molecule has 0 aromatic heterocycles. The van der Waals surface area contributed by atoms with Crippen molar-refractivity contribution in [2.24, 2.45) is 0 Å². The molecule has 37 heavy (non-hydrogen) atoms. The number of amides is 2. The largest absolute Gasteiger partial charge is 0.444 e. The Hall–Kier alpha value is -4.28. The zero-order chi connectivity index (χ0) is 24.8. The van der Waals surface area contributed by atoms with Gasteiger partial charge in [0.05, 0.1) is 5.69 Å². The average Bonchev–Trinajstić information content (AvgIpc) is 3.16. The highest BCUT2D eigenvalue weighted by molar-refractivity contribution is 6.22. The van der Waals surface area contributed by atoms with Gasteiger partial charge in [0, 0.05) is 35.0 Å². The molecule has 1 N–H and O–H groups in total. The molecule has 2 heterocycles. The van der Waals surface area contributed by atoms with Gasteiger partial charge in [-0.2, -0.15) is 0 Å². The van der Waals surface area contributed by atoms with E-state index < -0.39 is 0 Å². The fraction of sp³-hybridized carbons (Fsp3) is 0.207. The number of anilines is 2. The van der Waals surface area contributed by atoms with Crippen molar-refractivity contribution in [2.45, 2.75) is 26.0 Å². The molecule has 1 unspecified atom stereocenters. The summed E-state index contributed by atoms with van der Waals surface area (Å²) in [6.45, 7) is 2.89. The van der Waals surface area contributed by atoms with E-state index >= 15 is 0 Å². The standard InChI is InChI=1S/C29H23N3O4.ClH/c1-18-5-4-6-19-17-36-29(35)32(27(18)19)21-11-13-31(14-12-21)16-26(33)30-20-9-10-24-25(15-20)22-7-2-3-8-23(22)28(24)34;/h2-10,15,21H,11,13,16-17H2,1H3,(H,30,33);1H. The van der Waals surface area contributed by atoms with Crippen LogP contribution in [0, 0.1) is 18.9 Å². The van der Waals surface area contributed by atoms with Gasteiger partial charge in [-0.25, -0.2) is 4.79 Å². The molecular formula is C29H24ClN3O4. The Morgan fingerprint density at radius 2 is 1.81 bits per heavy atom. The maximum Gasteiger partial charge on any atom is 0.415 e. The predicted molar refractivity (Wildman–Crippen MR) is 143 cm³/mol. The van der Waals surface area contributed by atoms with Crippen LogP contribution in [-0.2, 0) is 16.1 Å². The highest BCUT2D eigenvalue weighted by Crippen LogP contribution is 2.38. The molecule has 6 rings (SSSR count). The fourth-order valence-electron chi connectivity index (χ4n) is 5.13. The van der Waals surface area contributed by atoms with Crippen LogP contribution in [0.15, 0.2) is 60.7 Å². The van der Waals surface area contributed by atoms with Crippen LogP contribution in [0.3, 0.4) is 0 Å². The third kappa shape index (κ3) is 4.30. The van der Waals surface area contributed by atoms with E-state index in [2.05, 4.69) is 17.3 Å². The second-order valence-corrected chi connectivity index (χ2v) is 9.17. The number of benzene rings is 3.